The van der Waals surface area contributed by atoms with Gasteiger partial charge in [0.1, 0.15) is 5.78 Å². The normalized spacial score (nSPS) is 20.3. The molecule has 0 aromatic rings. The zero-order valence-electron chi connectivity index (χ0n) is 11.3. The molecule has 0 bridgehead atoms. The van der Waals surface area contributed by atoms with Gasteiger partial charge in [-0.2, -0.15) is 0 Å². The summed E-state index contributed by atoms with van der Waals surface area (Å²) < 4.78 is 0. The number of carbonyl (C=O) groups is 2. The maximum absolute atomic E-state index is 11.8. The first-order valence-electron chi connectivity index (χ1n) is 6.46. The summed E-state index contributed by atoms with van der Waals surface area (Å²) in [6.45, 7) is 9.22. The molecule has 0 spiro atoms. The number of rotatable bonds is 4. The Kier molecular flexibility index (Phi) is 5.12. The number of nitrogens with zero attached hydrogens (tertiary/aromatic N) is 1. The van der Waals surface area contributed by atoms with E-state index in [1.807, 2.05) is 20.8 Å². The van der Waals surface area contributed by atoms with Gasteiger partial charge in [0, 0.05) is 12.0 Å². The summed E-state index contributed by atoms with van der Waals surface area (Å²) in [6, 6.07) is 0.0880. The van der Waals surface area contributed by atoms with Crippen LogP contribution in [-0.2, 0) is 9.59 Å². The Bertz CT molecular complexity index is 281. The molecule has 1 fully saturated rings. The first-order valence-corrected chi connectivity index (χ1v) is 6.46. The second kappa shape index (κ2) is 6.15. The van der Waals surface area contributed by atoms with Crippen LogP contribution in [0.25, 0.3) is 0 Å². The first kappa shape index (κ1) is 14.2. The molecule has 1 unspecified atom stereocenters. The van der Waals surface area contributed by atoms with Gasteiger partial charge < -0.3 is 5.32 Å². The molecule has 1 N–H and O–H groups in total. The molecule has 0 saturated carbocycles. The molecule has 17 heavy (non-hydrogen) atoms. The van der Waals surface area contributed by atoms with Gasteiger partial charge in [0.2, 0.25) is 5.91 Å². The lowest BCUT2D eigenvalue weighted by atomic mass is 9.92. The number of ketones is 1. The molecule has 4 nitrogen and oxygen atoms in total. The van der Waals surface area contributed by atoms with Crippen LogP contribution in [0.1, 0.15) is 40.5 Å². The molecule has 1 heterocycles. The first-order chi connectivity index (χ1) is 7.91. The number of likely N-dealkylation sites (tertiary alicyclic amines) is 1. The molecular formula is C13H24N2O2. The van der Waals surface area contributed by atoms with Crippen LogP contribution in [0.4, 0.5) is 0 Å². The lowest BCUT2D eigenvalue weighted by Gasteiger charge is -2.34. The van der Waals surface area contributed by atoms with E-state index in [1.54, 1.807) is 6.92 Å². The third-order valence-electron chi connectivity index (χ3n) is 3.46. The number of nitrogens with one attached hydrogen (secondary N) is 1. The van der Waals surface area contributed by atoms with Crippen LogP contribution in [0.3, 0.4) is 0 Å². The molecule has 1 amide bonds. The Morgan fingerprint density at radius 1 is 1.18 bits per heavy atom. The zero-order chi connectivity index (χ0) is 13.0. The summed E-state index contributed by atoms with van der Waals surface area (Å²) in [5.74, 6) is 0.566. The van der Waals surface area contributed by atoms with E-state index in [-0.39, 0.29) is 29.7 Å². The van der Waals surface area contributed by atoms with Crippen molar-refractivity contribution in [2.75, 3.05) is 13.1 Å². The monoisotopic (exact) mass is 240 g/mol. The minimum absolute atomic E-state index is 0.0845. The largest absolute Gasteiger partial charge is 0.353 e. The Morgan fingerprint density at radius 3 is 2.12 bits per heavy atom. The molecule has 1 aliphatic heterocycles. The topological polar surface area (TPSA) is 49.4 Å². The molecule has 1 aliphatic rings. The summed E-state index contributed by atoms with van der Waals surface area (Å²) >= 11 is 0. The van der Waals surface area contributed by atoms with Crippen LogP contribution >= 0.6 is 0 Å². The Labute approximate surface area is 104 Å². The van der Waals surface area contributed by atoms with Crippen molar-refractivity contribution >= 4 is 11.7 Å². The molecule has 0 radical (unpaired) electrons. The predicted molar refractivity (Wildman–Crippen MR) is 67.7 cm³/mol. The molecule has 4 heteroatoms. The SMILES string of the molecule is CC(=O)C1CCN(C(C)C(=O)NC(C)C)CC1. The van der Waals surface area contributed by atoms with Crippen LogP contribution in [-0.4, -0.2) is 41.8 Å². The maximum Gasteiger partial charge on any atom is 0.237 e. The summed E-state index contributed by atoms with van der Waals surface area (Å²) in [5, 5.41) is 2.93. The van der Waals surface area contributed by atoms with Crippen LogP contribution in [0, 0.1) is 5.92 Å². The number of Topliss-reactive ketones (excluding diaryl/α,β-unsaturated/α-hetero) is 1. The van der Waals surface area contributed by atoms with Gasteiger partial charge >= 0.3 is 0 Å². The Hall–Kier alpha value is -0.900. The van der Waals surface area contributed by atoms with E-state index in [4.69, 9.17) is 0 Å². The Balaban J connectivity index is 2.42. The third-order valence-corrected chi connectivity index (χ3v) is 3.46. The van der Waals surface area contributed by atoms with Crippen molar-refractivity contribution in [3.63, 3.8) is 0 Å². The van der Waals surface area contributed by atoms with Gasteiger partial charge in [-0.05, 0) is 53.6 Å². The summed E-state index contributed by atoms with van der Waals surface area (Å²) in [6.07, 6.45) is 1.77. The fourth-order valence-corrected chi connectivity index (χ4v) is 2.26. The van der Waals surface area contributed by atoms with E-state index >= 15 is 0 Å². The average molecular weight is 240 g/mol. The van der Waals surface area contributed by atoms with Gasteiger partial charge in [0.25, 0.3) is 0 Å². The molecule has 1 saturated heterocycles. The van der Waals surface area contributed by atoms with Crippen molar-refractivity contribution < 1.29 is 9.59 Å². The van der Waals surface area contributed by atoms with Gasteiger partial charge in [-0.1, -0.05) is 0 Å². The molecule has 0 aromatic heterocycles. The quantitative estimate of drug-likeness (QED) is 0.803. The van der Waals surface area contributed by atoms with Crippen LogP contribution in [0.15, 0.2) is 0 Å². The smallest absolute Gasteiger partial charge is 0.237 e. The van der Waals surface area contributed by atoms with Gasteiger partial charge in [-0.25, -0.2) is 0 Å². The summed E-state index contributed by atoms with van der Waals surface area (Å²) in [4.78, 5) is 25.3. The fraction of sp³-hybridized carbons (Fsp3) is 0.846. The molecular weight excluding hydrogens is 216 g/mol. The van der Waals surface area contributed by atoms with Crippen LogP contribution in [0.2, 0.25) is 0 Å². The van der Waals surface area contributed by atoms with Gasteiger partial charge in [0.15, 0.2) is 0 Å². The van der Waals surface area contributed by atoms with E-state index in [2.05, 4.69) is 10.2 Å². The van der Waals surface area contributed by atoms with Crippen molar-refractivity contribution in [2.45, 2.75) is 52.6 Å². The van der Waals surface area contributed by atoms with E-state index in [9.17, 15) is 9.59 Å². The highest BCUT2D eigenvalue weighted by molar-refractivity contribution is 5.81. The van der Waals surface area contributed by atoms with E-state index in [0.717, 1.165) is 25.9 Å². The molecule has 0 aromatic carbocycles. The van der Waals surface area contributed by atoms with E-state index in [1.165, 1.54) is 0 Å². The van der Waals surface area contributed by atoms with E-state index in [0.29, 0.717) is 0 Å². The minimum atomic E-state index is -0.0923. The number of amides is 1. The van der Waals surface area contributed by atoms with Crippen molar-refractivity contribution in [3.05, 3.63) is 0 Å². The highest BCUT2D eigenvalue weighted by Gasteiger charge is 2.28. The summed E-state index contributed by atoms with van der Waals surface area (Å²) in [7, 11) is 0. The number of carbonyl (C=O) groups excluding carboxylic acids is 2. The minimum Gasteiger partial charge on any atom is -0.353 e. The highest BCUT2D eigenvalue weighted by atomic mass is 16.2. The van der Waals surface area contributed by atoms with Crippen molar-refractivity contribution in [3.8, 4) is 0 Å². The van der Waals surface area contributed by atoms with Crippen molar-refractivity contribution in [1.29, 1.82) is 0 Å². The van der Waals surface area contributed by atoms with Crippen LogP contribution < -0.4 is 5.32 Å². The second-order valence-corrected chi connectivity index (χ2v) is 5.26. The predicted octanol–water partition coefficient (Wildman–Crippen LogP) is 1.20. The fourth-order valence-electron chi connectivity index (χ4n) is 2.26. The average Bonchev–Trinajstić information content (AvgIpc) is 2.27. The molecule has 0 aliphatic carbocycles. The number of hydrogen-bond acceptors (Lipinski definition) is 3. The molecule has 1 rings (SSSR count). The highest BCUT2D eigenvalue weighted by Crippen LogP contribution is 2.19. The maximum atomic E-state index is 11.8. The third kappa shape index (κ3) is 4.11. The van der Waals surface area contributed by atoms with Crippen LogP contribution in [0.5, 0.6) is 0 Å². The standard InChI is InChI=1S/C13H24N2O2/c1-9(2)14-13(17)10(3)15-7-5-12(6-8-15)11(4)16/h9-10,12H,5-8H2,1-4H3,(H,14,17). The number of hydrogen-bond donors (Lipinski definition) is 1. The molecule has 1 atom stereocenters. The Morgan fingerprint density at radius 2 is 1.71 bits per heavy atom. The lowest BCUT2D eigenvalue weighted by molar-refractivity contribution is -0.127. The summed E-state index contributed by atoms with van der Waals surface area (Å²) in [5.41, 5.74) is 0. The second-order valence-electron chi connectivity index (χ2n) is 5.26. The van der Waals surface area contributed by atoms with Crippen molar-refractivity contribution in [1.82, 2.24) is 10.2 Å². The van der Waals surface area contributed by atoms with Gasteiger partial charge in [-0.3, -0.25) is 14.5 Å². The number of piperidine rings is 1. The van der Waals surface area contributed by atoms with E-state index < -0.39 is 0 Å². The lowest BCUT2D eigenvalue weighted by Crippen LogP contribution is -2.50. The van der Waals surface area contributed by atoms with Gasteiger partial charge in [-0.15, -0.1) is 0 Å². The van der Waals surface area contributed by atoms with Crippen molar-refractivity contribution in [2.24, 2.45) is 5.92 Å². The van der Waals surface area contributed by atoms with Gasteiger partial charge in [0.05, 0.1) is 6.04 Å². The zero-order valence-corrected chi connectivity index (χ0v) is 11.3. The molecule has 98 valence electrons.